The van der Waals surface area contributed by atoms with Gasteiger partial charge in [0.2, 0.25) is 11.8 Å². The average molecular weight is 529 g/mol. The van der Waals surface area contributed by atoms with Crippen LogP contribution in [0.15, 0.2) is 47.7 Å². The molecule has 2 amide bonds. The summed E-state index contributed by atoms with van der Waals surface area (Å²) < 4.78 is 6.43. The molecular formula is C33H40N2O4. The second-order valence-electron chi connectivity index (χ2n) is 11.3. The number of carbonyl (C=O) groups is 2. The Kier molecular flexibility index (Phi) is 8.03. The van der Waals surface area contributed by atoms with Crippen molar-refractivity contribution in [1.29, 1.82) is 0 Å². The van der Waals surface area contributed by atoms with Gasteiger partial charge in [-0.2, -0.15) is 0 Å². The summed E-state index contributed by atoms with van der Waals surface area (Å²) in [5, 5.41) is 10.3. The Labute approximate surface area is 231 Å². The Hall–Kier alpha value is -3.25. The first-order valence-corrected chi connectivity index (χ1v) is 14.4. The molecule has 3 aliphatic rings. The number of carbonyl (C=O) groups excluding carboxylic acids is 2. The number of ether oxygens (including phenoxy) is 1. The molecule has 0 spiro atoms. The van der Waals surface area contributed by atoms with Crippen LogP contribution in [0.25, 0.3) is 11.6 Å². The minimum Gasteiger partial charge on any atom is -0.507 e. The molecule has 0 radical (unpaired) electrons. The largest absolute Gasteiger partial charge is 0.507 e. The lowest BCUT2D eigenvalue weighted by Crippen LogP contribution is -2.34. The van der Waals surface area contributed by atoms with Gasteiger partial charge in [-0.15, -0.1) is 0 Å². The van der Waals surface area contributed by atoms with E-state index in [1.807, 2.05) is 57.3 Å². The molecule has 2 saturated heterocycles. The first-order valence-electron chi connectivity index (χ1n) is 14.4. The summed E-state index contributed by atoms with van der Waals surface area (Å²) in [6, 6.07) is 9.95. The molecule has 4 atom stereocenters. The Morgan fingerprint density at radius 1 is 1.10 bits per heavy atom. The highest BCUT2D eigenvalue weighted by molar-refractivity contribution is 6.06. The van der Waals surface area contributed by atoms with Crippen molar-refractivity contribution < 1.29 is 19.4 Å². The maximum absolute atomic E-state index is 13.4. The summed E-state index contributed by atoms with van der Waals surface area (Å²) in [5.41, 5.74) is 7.39. The zero-order valence-electron chi connectivity index (χ0n) is 23.6. The van der Waals surface area contributed by atoms with Crippen LogP contribution in [-0.4, -0.2) is 46.1 Å². The highest BCUT2D eigenvalue weighted by Crippen LogP contribution is 2.50. The number of pyridine rings is 1. The number of allylic oxidation sites excluding steroid dienone is 2. The maximum atomic E-state index is 13.4. The van der Waals surface area contributed by atoms with Crippen LogP contribution in [0.1, 0.15) is 74.8 Å². The number of phenols is 1. The minimum atomic E-state index is -0.279. The van der Waals surface area contributed by atoms with Gasteiger partial charge >= 0.3 is 0 Å². The summed E-state index contributed by atoms with van der Waals surface area (Å²) >= 11 is 0. The van der Waals surface area contributed by atoms with E-state index in [9.17, 15) is 14.7 Å². The molecule has 3 heterocycles. The van der Waals surface area contributed by atoms with E-state index in [4.69, 9.17) is 4.74 Å². The zero-order valence-corrected chi connectivity index (χ0v) is 23.6. The first-order chi connectivity index (χ1) is 18.8. The topological polar surface area (TPSA) is 79.7 Å². The van der Waals surface area contributed by atoms with Gasteiger partial charge in [0.05, 0.1) is 30.2 Å². The number of hydrogen-bond acceptors (Lipinski definition) is 5. The van der Waals surface area contributed by atoms with Crippen molar-refractivity contribution in [2.45, 2.75) is 72.3 Å². The van der Waals surface area contributed by atoms with Crippen LogP contribution in [0.3, 0.4) is 0 Å². The van der Waals surface area contributed by atoms with Crippen molar-refractivity contribution in [2.24, 2.45) is 17.8 Å². The van der Waals surface area contributed by atoms with Crippen LogP contribution in [0.5, 0.6) is 5.75 Å². The molecule has 2 aliphatic heterocycles. The maximum Gasteiger partial charge on any atom is 0.233 e. The van der Waals surface area contributed by atoms with Crippen LogP contribution in [-0.2, 0) is 14.3 Å². The third-order valence-electron chi connectivity index (χ3n) is 8.62. The molecule has 6 nitrogen and oxygen atoms in total. The number of aromatic hydroxyl groups is 1. The fourth-order valence-electron chi connectivity index (χ4n) is 6.91. The molecule has 2 aromatic rings. The van der Waals surface area contributed by atoms with Crippen molar-refractivity contribution in [3.8, 4) is 5.75 Å². The van der Waals surface area contributed by atoms with Crippen molar-refractivity contribution >= 4 is 23.5 Å². The van der Waals surface area contributed by atoms with Crippen LogP contribution < -0.4 is 0 Å². The number of nitrogens with zero attached hydrogens (tertiary/aromatic N) is 2. The van der Waals surface area contributed by atoms with E-state index in [0.29, 0.717) is 25.3 Å². The van der Waals surface area contributed by atoms with Crippen molar-refractivity contribution in [2.75, 3.05) is 13.2 Å². The van der Waals surface area contributed by atoms with E-state index in [2.05, 4.69) is 18.0 Å². The monoisotopic (exact) mass is 528 g/mol. The fraction of sp³-hybridized carbons (Fsp3) is 0.485. The van der Waals surface area contributed by atoms with Crippen LogP contribution in [0, 0.1) is 31.6 Å². The van der Waals surface area contributed by atoms with Crippen molar-refractivity contribution in [3.05, 3.63) is 70.1 Å². The highest BCUT2D eigenvalue weighted by Gasteiger charge is 2.56. The molecule has 6 heteroatoms. The molecule has 2 fully saturated rings. The average Bonchev–Trinajstić information content (AvgIpc) is 3.45. The van der Waals surface area contributed by atoms with Crippen LogP contribution >= 0.6 is 0 Å². The molecule has 206 valence electrons. The number of hydrogen-bond donors (Lipinski definition) is 1. The third kappa shape index (κ3) is 5.19. The van der Waals surface area contributed by atoms with E-state index in [0.717, 1.165) is 60.1 Å². The third-order valence-corrected chi connectivity index (χ3v) is 8.62. The smallest absolute Gasteiger partial charge is 0.233 e. The molecule has 5 rings (SSSR count). The van der Waals surface area contributed by atoms with Crippen LogP contribution in [0.2, 0.25) is 0 Å². The first kappa shape index (κ1) is 27.3. The summed E-state index contributed by atoms with van der Waals surface area (Å²) in [7, 11) is 0. The molecule has 0 saturated carbocycles. The van der Waals surface area contributed by atoms with Crippen molar-refractivity contribution in [1.82, 2.24) is 9.88 Å². The summed E-state index contributed by atoms with van der Waals surface area (Å²) in [4.78, 5) is 32.7. The lowest BCUT2D eigenvalue weighted by molar-refractivity contribution is -0.140. The second kappa shape index (κ2) is 11.5. The molecule has 0 unspecified atom stereocenters. The Morgan fingerprint density at radius 2 is 1.87 bits per heavy atom. The predicted octanol–water partition coefficient (Wildman–Crippen LogP) is 6.25. The number of aromatic nitrogens is 1. The second-order valence-corrected chi connectivity index (χ2v) is 11.3. The number of phenolic OH excluding ortho intramolecular Hbond substituents is 1. The molecule has 1 aromatic heterocycles. The number of imide groups is 1. The van der Waals surface area contributed by atoms with Gasteiger partial charge in [0, 0.05) is 18.7 Å². The summed E-state index contributed by atoms with van der Waals surface area (Å²) in [6.07, 6.45) is 8.88. The van der Waals surface area contributed by atoms with Crippen molar-refractivity contribution in [3.63, 3.8) is 0 Å². The summed E-state index contributed by atoms with van der Waals surface area (Å²) in [5.74, 6) is -0.159. The van der Waals surface area contributed by atoms with Gasteiger partial charge in [0.25, 0.3) is 0 Å². The van der Waals surface area contributed by atoms with Gasteiger partial charge in [-0.3, -0.25) is 19.5 Å². The van der Waals surface area contributed by atoms with E-state index in [-0.39, 0.29) is 35.7 Å². The van der Waals surface area contributed by atoms with E-state index < -0.39 is 0 Å². The Morgan fingerprint density at radius 3 is 2.54 bits per heavy atom. The standard InChI is InChI=1S/C33H40N2O4/c1-5-9-24-18-25-30(33(38)35(14-6-2)32(25)37)26-19-39-28(29(24)26)12-11-23(27-10-7-8-13-34-27)17-22-15-20(3)31(36)21(4)16-22/h7-8,10,13,15-17,25-26,28,30,36H,5-6,9,11-12,14,18-19H2,1-4H3/b23-17-/t25-,26+,28-,30-/m1/s1. The Bertz CT molecular complexity index is 1290. The van der Waals surface area contributed by atoms with E-state index in [1.54, 1.807) is 0 Å². The number of likely N-dealkylation sites (tertiary alicyclic amines) is 1. The van der Waals surface area contributed by atoms with Gasteiger partial charge in [-0.1, -0.05) is 31.9 Å². The molecule has 1 aliphatic carbocycles. The molecule has 1 N–H and O–H groups in total. The van der Waals surface area contributed by atoms with Gasteiger partial charge in [0.15, 0.2) is 0 Å². The number of aryl methyl sites for hydroxylation is 2. The number of benzene rings is 1. The van der Waals surface area contributed by atoms with Gasteiger partial charge in [0.1, 0.15) is 5.75 Å². The molecule has 0 bridgehead atoms. The summed E-state index contributed by atoms with van der Waals surface area (Å²) in [6.45, 7) is 9.04. The zero-order chi connectivity index (χ0) is 27.7. The highest BCUT2D eigenvalue weighted by atomic mass is 16.5. The fourth-order valence-corrected chi connectivity index (χ4v) is 6.91. The minimum absolute atomic E-state index is 0.00119. The van der Waals surface area contributed by atoms with E-state index >= 15 is 0 Å². The molecule has 39 heavy (non-hydrogen) atoms. The Balaban J connectivity index is 1.43. The van der Waals surface area contributed by atoms with Gasteiger partial charge < -0.3 is 9.84 Å². The predicted molar refractivity (Wildman–Crippen MR) is 153 cm³/mol. The quantitative estimate of drug-likeness (QED) is 0.307. The molecule has 1 aromatic carbocycles. The van der Waals surface area contributed by atoms with Crippen LogP contribution in [0.4, 0.5) is 0 Å². The normalized spacial score (nSPS) is 24.9. The lowest BCUT2D eigenvalue weighted by Gasteiger charge is -2.32. The SMILES string of the molecule is CCCC1=C2[C@@H](CC/C(=C/c3cc(C)c(O)c(C)c3)c3ccccn3)OC[C@@H]2[C@@H]2C(=O)N(CCC)C(=O)[C@@H]2C1. The number of rotatable bonds is 9. The van der Waals surface area contributed by atoms with Gasteiger partial charge in [-0.25, -0.2) is 0 Å². The van der Waals surface area contributed by atoms with E-state index in [1.165, 1.54) is 16.0 Å². The number of amides is 2. The van der Waals surface area contributed by atoms with Gasteiger partial charge in [-0.05, 0) is 104 Å². The molecular weight excluding hydrogens is 488 g/mol. The number of fused-ring (bicyclic) bond motifs is 3. The lowest BCUT2D eigenvalue weighted by atomic mass is 9.68.